The van der Waals surface area contributed by atoms with E-state index in [1.165, 1.54) is 283 Å². The maximum atomic E-state index is 11.6. The van der Waals surface area contributed by atoms with Crippen LogP contribution >= 0.6 is 0 Å². The van der Waals surface area contributed by atoms with Crippen LogP contribution < -0.4 is 29.9 Å². The largest absolute Gasteiger partial charge is 1.00 e. The van der Waals surface area contributed by atoms with Crippen LogP contribution in [-0.2, 0) is 4.79 Å². The molecule has 0 saturated heterocycles. The summed E-state index contributed by atoms with van der Waals surface area (Å²) in [6, 6.07) is 1.19. The summed E-state index contributed by atoms with van der Waals surface area (Å²) in [5.74, 6) is 26.3. The zero-order valence-corrected chi connectivity index (χ0v) is 82.2. The van der Waals surface area contributed by atoms with E-state index in [4.69, 9.17) is 11.3 Å². The van der Waals surface area contributed by atoms with Gasteiger partial charge in [0, 0.05) is 30.0 Å². The Hall–Kier alpha value is -0.170. The minimum Gasteiger partial charge on any atom is -1.00 e. The van der Waals surface area contributed by atoms with Crippen molar-refractivity contribution in [3.8, 4) is 0 Å². The van der Waals surface area contributed by atoms with Gasteiger partial charge in [0.2, 0.25) is 5.91 Å². The Balaban J connectivity index is 0.000000167. The van der Waals surface area contributed by atoms with Crippen molar-refractivity contribution in [1.82, 2.24) is 5.32 Å². The molecular weight excluding hydrogens is 1460 g/mol. The van der Waals surface area contributed by atoms with E-state index in [0.29, 0.717) is 55.4 Å². The van der Waals surface area contributed by atoms with Crippen LogP contribution in [0.1, 0.15) is 455 Å². The van der Waals surface area contributed by atoms with E-state index in [0.717, 1.165) is 191 Å². The fourth-order valence-electron chi connectivity index (χ4n) is 37.7. The van der Waals surface area contributed by atoms with Gasteiger partial charge in [-0.3, -0.25) is 4.79 Å². The van der Waals surface area contributed by atoms with Crippen LogP contribution in [0, 0.1) is 209 Å². The van der Waals surface area contributed by atoms with Crippen molar-refractivity contribution in [2.75, 3.05) is 0 Å². The summed E-state index contributed by atoms with van der Waals surface area (Å²) < 4.78 is 0. The molecule has 0 bridgehead atoms. The maximum absolute atomic E-state index is 11.6. The molecule has 0 aromatic carbocycles. The Morgan fingerprint density at radius 1 is 0.370 bits per heavy atom. The van der Waals surface area contributed by atoms with Gasteiger partial charge in [0.25, 0.3) is 0 Å². The Kier molecular flexibility index (Phi) is 34.3. The molecule has 1 amide bonds. The molecule has 680 valence electrons. The smallest absolute Gasteiger partial charge is 1.00 e. The minimum absolute atomic E-state index is 0. The first-order chi connectivity index (χ1) is 55.4. The van der Waals surface area contributed by atoms with Crippen LogP contribution in [-0.4, -0.2) is 52.6 Å². The molecule has 16 fully saturated rings. The number of aliphatic hydroxyl groups is 1. The first-order valence-electron chi connectivity index (χ1n) is 53.2. The van der Waals surface area contributed by atoms with Gasteiger partial charge in [-0.2, -0.15) is 0 Å². The number of amides is 1. The molecule has 0 aromatic rings. The third-order valence-corrected chi connectivity index (χ3v) is 44.1. The summed E-state index contributed by atoms with van der Waals surface area (Å²) in [6.07, 6.45) is 67.5. The van der Waals surface area contributed by atoms with E-state index in [1.807, 2.05) is 0 Å². The van der Waals surface area contributed by atoms with E-state index in [9.17, 15) is 9.90 Å². The fourth-order valence-corrected chi connectivity index (χ4v) is 37.7. The summed E-state index contributed by atoms with van der Waals surface area (Å²) >= 11 is 0. The molecule has 119 heavy (non-hydrogen) atoms. The van der Waals surface area contributed by atoms with E-state index < -0.39 is 0 Å². The van der Waals surface area contributed by atoms with Crippen molar-refractivity contribution >= 4 is 23.3 Å². The Morgan fingerprint density at radius 3 is 0.966 bits per heavy atom. The normalized spacial score (nSPS) is 46.8. The van der Waals surface area contributed by atoms with Crippen molar-refractivity contribution in [1.29, 1.82) is 0 Å². The van der Waals surface area contributed by atoms with E-state index in [-0.39, 0.29) is 55.7 Å². The van der Waals surface area contributed by atoms with Crippen molar-refractivity contribution < 1.29 is 30.2 Å². The average Bonchev–Trinajstić information content (AvgIpc) is 1.46. The number of carbonyl (C=O) groups excluding carboxylic acids is 1. The SMILES string of the molecule is CC(=O)N[C@@H]1CC[C@@]2(C)[C@@H](CC[C@@H]3[C@@H]2CC[C@]2(C)[C@@H]([C@H](C)CCCC(C)C)CC[C@@H]32)C1.CC(C)CCC[C@@H](C)[C@H]1CC[C@H]2[C@@H]3CC[C@H]4C[C@@H](O)CC[C@]4(C)[C@H]3CC[C@]12C.CC(C)CCC[C@@H](C)[C@H]1CC[C@H]2[C@@H]3CC[C@H]4C[C@H](N)CC[C@]4(C)[C@H]3CC[C@]12C.CC(C)CCC[C@@H](C)[C@H]1CC[C@H]2[C@@H]3CC[C@H]4C[C@H](N=[N+]=[N-])CC[C@]4(C)[C@H]3CC[C@]12C.[AlH3].[H-].[Li+]. The number of nitrogens with two attached hydrogens (primary N) is 1. The van der Waals surface area contributed by atoms with Crippen LogP contribution in [0.3, 0.4) is 0 Å². The number of nitrogens with one attached hydrogen (secondary N) is 1. The molecule has 16 rings (SSSR count). The number of nitrogens with zero attached hydrogens (tertiary/aromatic N) is 3. The van der Waals surface area contributed by atoms with Crippen LogP contribution in [0.4, 0.5) is 0 Å². The molecule has 7 nitrogen and oxygen atoms in total. The first kappa shape index (κ1) is 99.4. The quantitative estimate of drug-likeness (QED) is 0.0433. The Morgan fingerprint density at radius 2 is 0.647 bits per heavy atom. The molecule has 4 N–H and O–H groups in total. The third-order valence-electron chi connectivity index (χ3n) is 44.1. The van der Waals surface area contributed by atoms with Gasteiger partial charge in [-0.15, -0.1) is 0 Å². The molecule has 16 aliphatic carbocycles. The summed E-state index contributed by atoms with van der Waals surface area (Å²) in [7, 11) is 0. The molecule has 16 aliphatic rings. The van der Waals surface area contributed by atoms with Crippen LogP contribution in [0.15, 0.2) is 5.11 Å². The predicted octanol–water partition coefficient (Wildman–Crippen LogP) is 27.2. The third kappa shape index (κ3) is 20.3. The van der Waals surface area contributed by atoms with Gasteiger partial charge in [0.15, 0.2) is 17.4 Å². The van der Waals surface area contributed by atoms with Gasteiger partial charge >= 0.3 is 18.9 Å². The molecule has 16 saturated carbocycles. The monoisotopic (exact) mass is 1660 g/mol. The second-order valence-electron chi connectivity index (χ2n) is 51.5. The van der Waals surface area contributed by atoms with Crippen molar-refractivity contribution in [2.45, 2.75) is 478 Å². The summed E-state index contributed by atoms with van der Waals surface area (Å²) in [5, 5.41) is 17.6. The van der Waals surface area contributed by atoms with Crippen LogP contribution in [0.2, 0.25) is 0 Å². The molecule has 0 unspecified atom stereocenters. The summed E-state index contributed by atoms with van der Waals surface area (Å²) in [5.41, 5.74) is 19.9. The zero-order valence-electron chi connectivity index (χ0n) is 83.2. The second-order valence-corrected chi connectivity index (χ2v) is 51.5. The maximum Gasteiger partial charge on any atom is 1.00 e. The topological polar surface area (TPSA) is 124 Å². The van der Waals surface area contributed by atoms with Crippen molar-refractivity contribution in [3.63, 3.8) is 0 Å². The van der Waals surface area contributed by atoms with Gasteiger partial charge in [-0.25, -0.2) is 0 Å². The minimum atomic E-state index is -0.00830. The van der Waals surface area contributed by atoms with Crippen LogP contribution in [0.25, 0.3) is 10.4 Å². The van der Waals surface area contributed by atoms with Crippen LogP contribution in [0.5, 0.6) is 0 Å². The van der Waals surface area contributed by atoms with E-state index >= 15 is 0 Å². The van der Waals surface area contributed by atoms with Crippen molar-refractivity contribution in [2.24, 2.45) is 220 Å². The fraction of sp³-hybridized carbons (Fsp3) is 0.991. The number of hydrogen-bond donors (Lipinski definition) is 3. The number of aliphatic hydroxyl groups excluding tert-OH is 1. The van der Waals surface area contributed by atoms with E-state index in [2.05, 4.69) is 154 Å². The summed E-state index contributed by atoms with van der Waals surface area (Å²) in [4.78, 5) is 14.7. The molecule has 0 heterocycles. The molecule has 36 atom stereocenters. The van der Waals surface area contributed by atoms with Gasteiger partial charge in [0.1, 0.15) is 0 Å². The average molecular weight is 1660 g/mol. The Labute approximate surface area is 761 Å². The molecular formula is C110H199AlLiN5O2. The predicted molar refractivity (Wildman–Crippen MR) is 508 cm³/mol. The molecule has 0 aromatic heterocycles. The molecule has 9 heteroatoms. The van der Waals surface area contributed by atoms with Gasteiger partial charge in [-0.1, -0.05) is 221 Å². The number of rotatable bonds is 22. The van der Waals surface area contributed by atoms with Crippen molar-refractivity contribution in [3.05, 3.63) is 10.4 Å². The van der Waals surface area contributed by atoms with Gasteiger partial charge < -0.3 is 17.6 Å². The number of carbonyl (C=O) groups is 1. The number of hydrogen-bond acceptors (Lipinski definition) is 4. The Bertz CT molecular complexity index is 3140. The number of azide groups is 1. The first-order valence-corrected chi connectivity index (χ1v) is 53.2. The van der Waals surface area contributed by atoms with E-state index in [1.54, 1.807) is 6.92 Å². The molecule has 0 spiro atoms. The molecule has 0 radical (unpaired) electrons. The zero-order chi connectivity index (χ0) is 84.1. The molecule has 0 aliphatic heterocycles. The summed E-state index contributed by atoms with van der Waals surface area (Å²) in [6.45, 7) is 52.5. The standard InChI is InChI=1S/C29H51NO.C27H47N3.C27H49N.C27H48O.Al.Li.4H/c1-19(2)8-7-9-20(3)25-12-13-26-24-11-10-22-18-23(30-21(4)31)14-16-28(22,5)27(24)15-17-29(25,26)6;1-18(2)7-6-8-19(3)23-11-12-24-22-10-9-20-17-21(29-30-28)13-15-26(20,4)25(22)14-16-27(23,24)5;2*1-18(2)7-6-8-19(3)23-11-12-24-22-10-9-20-17-21(28)13-15-26(20,4)25(22)14-16-27(23,24)5;;;;;;/h19-20,22-27H,7-18H2,1-6H3,(H,30,31);18-25H,6-17H2,1-5H3;18-25H,6-17,28H2,1-5H3;18-25,28H,6-17H2,1-5H3;;;;;;/q;;;;;+1;;;;-1/t20-,22+,23-,24+,25-,26+,27+,28+,29-;2*19-,20+,21-,22+,23-,24+,25+,26+,27-;19-,20+,21+,22+,23-,24+,25+,26+,27-;;;;;;/m1111....../s1. The second kappa shape index (κ2) is 41.1. The number of fused-ring (bicyclic) bond motifs is 20. The van der Waals surface area contributed by atoms with Gasteiger partial charge in [-0.05, 0) is 446 Å². The van der Waals surface area contributed by atoms with Gasteiger partial charge in [0.05, 0.1) is 6.10 Å².